The molecule has 6 unspecified atom stereocenters. The Bertz CT molecular complexity index is 1040. The third-order valence-corrected chi connectivity index (χ3v) is 13.0. The van der Waals surface area contributed by atoms with Crippen LogP contribution in [-0.2, 0) is 28.5 Å². The topological polar surface area (TPSA) is 91.3 Å². The summed E-state index contributed by atoms with van der Waals surface area (Å²) in [7, 11) is 0. The van der Waals surface area contributed by atoms with Gasteiger partial charge in [0.15, 0.2) is 5.60 Å². The van der Waals surface area contributed by atoms with Crippen LogP contribution < -0.4 is 0 Å². The van der Waals surface area contributed by atoms with Crippen LogP contribution in [-0.4, -0.2) is 52.3 Å². The minimum atomic E-state index is -0.907. The molecule has 0 aromatic carbocycles. The van der Waals surface area contributed by atoms with Crippen molar-refractivity contribution < 1.29 is 33.6 Å². The second-order valence-electron chi connectivity index (χ2n) is 14.8. The van der Waals surface area contributed by atoms with Gasteiger partial charge in [-0.1, -0.05) is 13.8 Å². The standard InChI is InChI=1S/C30H44O7/c1-15-13-30(37-26(15,3)4)28(6)24-22(35-30)12-20-19-8-7-17-11-18(34-16(2)31)9-10-27(17,5)23(19)21(32)14-29(20,24)25(33)36-28/h15,17-24,32H,7-14H2,1-6H3/t15?,17?,18-,19?,20?,21+,22+,23?,24-,27+,28-,29-,30?/m1/s1. The quantitative estimate of drug-likeness (QED) is 0.517. The van der Waals surface area contributed by atoms with E-state index in [9.17, 15) is 14.7 Å². The van der Waals surface area contributed by atoms with Crippen LogP contribution in [0.25, 0.3) is 0 Å². The van der Waals surface area contributed by atoms with Crippen LogP contribution in [0.5, 0.6) is 0 Å². The molecule has 206 valence electrons. The molecule has 3 saturated heterocycles. The SMILES string of the molecule is CC(=O)O[C@@H]1CC[C@@]2(C)C(CCC3C2[C@@H](O)C[C@]24C(=O)O[C@]5(C)[C@H]2[C@H](CC34)OC52CC(C)C(C)(C)O2)C1. The molecule has 7 heteroatoms. The Hall–Kier alpha value is -1.18. The molecule has 13 atom stereocenters. The summed E-state index contributed by atoms with van der Waals surface area (Å²) in [5.74, 6) is -0.0263. The summed E-state index contributed by atoms with van der Waals surface area (Å²) < 4.78 is 25.6. The molecule has 0 bridgehead atoms. The zero-order valence-electron chi connectivity index (χ0n) is 23.2. The molecule has 3 aliphatic heterocycles. The van der Waals surface area contributed by atoms with E-state index in [0.717, 1.165) is 44.9 Å². The second-order valence-corrected chi connectivity index (χ2v) is 14.8. The zero-order chi connectivity index (χ0) is 26.3. The average Bonchev–Trinajstić information content (AvgIpc) is 3.39. The Morgan fingerprint density at radius 1 is 1.08 bits per heavy atom. The molecule has 0 aromatic heterocycles. The van der Waals surface area contributed by atoms with Gasteiger partial charge < -0.3 is 24.1 Å². The summed E-state index contributed by atoms with van der Waals surface area (Å²) in [6.07, 6.45) is 6.10. The highest BCUT2D eigenvalue weighted by Crippen LogP contribution is 2.76. The van der Waals surface area contributed by atoms with Crippen LogP contribution in [0.2, 0.25) is 0 Å². The predicted molar refractivity (Wildman–Crippen MR) is 133 cm³/mol. The fourth-order valence-corrected chi connectivity index (χ4v) is 11.3. The Labute approximate surface area is 220 Å². The summed E-state index contributed by atoms with van der Waals surface area (Å²) in [6.45, 7) is 12.3. The first-order chi connectivity index (χ1) is 17.3. The molecule has 7 aliphatic rings. The average molecular weight is 517 g/mol. The van der Waals surface area contributed by atoms with Crippen molar-refractivity contribution in [3.05, 3.63) is 0 Å². The predicted octanol–water partition coefficient (Wildman–Crippen LogP) is 4.38. The molecular formula is C30H44O7. The molecule has 37 heavy (non-hydrogen) atoms. The highest BCUT2D eigenvalue weighted by atomic mass is 16.8. The van der Waals surface area contributed by atoms with Crippen molar-refractivity contribution in [2.24, 2.45) is 46.3 Å². The van der Waals surface area contributed by atoms with Gasteiger partial charge in [0.25, 0.3) is 0 Å². The molecule has 4 aliphatic carbocycles. The monoisotopic (exact) mass is 516 g/mol. The van der Waals surface area contributed by atoms with Crippen molar-refractivity contribution in [1.29, 1.82) is 0 Å². The number of rotatable bonds is 1. The van der Waals surface area contributed by atoms with Crippen molar-refractivity contribution in [3.8, 4) is 0 Å². The van der Waals surface area contributed by atoms with Crippen molar-refractivity contribution in [3.63, 3.8) is 0 Å². The third-order valence-electron chi connectivity index (χ3n) is 13.0. The van der Waals surface area contributed by atoms with Crippen LogP contribution >= 0.6 is 0 Å². The van der Waals surface area contributed by atoms with Gasteiger partial charge in [0, 0.05) is 19.3 Å². The normalized spacial score (nSPS) is 58.9. The van der Waals surface area contributed by atoms with Gasteiger partial charge in [0.2, 0.25) is 5.79 Å². The van der Waals surface area contributed by atoms with Crippen molar-refractivity contribution in [1.82, 2.24) is 0 Å². The number of carbonyl (C=O) groups excluding carboxylic acids is 2. The number of aliphatic hydroxyl groups excluding tert-OH is 1. The number of aliphatic hydroxyl groups is 1. The van der Waals surface area contributed by atoms with Gasteiger partial charge in [-0.2, -0.15) is 0 Å². The summed E-state index contributed by atoms with van der Waals surface area (Å²) in [6, 6.07) is 0. The van der Waals surface area contributed by atoms with Crippen molar-refractivity contribution in [2.75, 3.05) is 0 Å². The molecule has 3 heterocycles. The van der Waals surface area contributed by atoms with E-state index in [1.165, 1.54) is 6.92 Å². The molecule has 7 fully saturated rings. The molecule has 0 amide bonds. The maximum Gasteiger partial charge on any atom is 0.313 e. The Morgan fingerprint density at radius 3 is 2.51 bits per heavy atom. The Balaban J connectivity index is 1.22. The first-order valence-electron chi connectivity index (χ1n) is 14.7. The van der Waals surface area contributed by atoms with E-state index in [1.807, 2.05) is 6.92 Å². The van der Waals surface area contributed by atoms with Gasteiger partial charge in [-0.15, -0.1) is 0 Å². The zero-order valence-corrected chi connectivity index (χ0v) is 23.2. The first-order valence-corrected chi connectivity index (χ1v) is 14.7. The van der Waals surface area contributed by atoms with Crippen molar-refractivity contribution in [2.45, 2.75) is 128 Å². The summed E-state index contributed by atoms with van der Waals surface area (Å²) in [5.41, 5.74) is -1.89. The molecule has 4 saturated carbocycles. The number of hydrogen-bond acceptors (Lipinski definition) is 7. The number of esters is 2. The molecule has 2 spiro atoms. The summed E-state index contributed by atoms with van der Waals surface area (Å²) in [5, 5.41) is 11.9. The highest BCUT2D eigenvalue weighted by Gasteiger charge is 2.85. The molecule has 0 aromatic rings. The van der Waals surface area contributed by atoms with Crippen molar-refractivity contribution >= 4 is 11.9 Å². The molecular weight excluding hydrogens is 472 g/mol. The number of fused-ring (bicyclic) bond motifs is 5. The fraction of sp³-hybridized carbons (Fsp3) is 0.933. The smallest absolute Gasteiger partial charge is 0.313 e. The maximum atomic E-state index is 14.0. The molecule has 7 nitrogen and oxygen atoms in total. The van der Waals surface area contributed by atoms with E-state index in [2.05, 4.69) is 27.7 Å². The van der Waals surface area contributed by atoms with E-state index in [0.29, 0.717) is 12.3 Å². The molecule has 1 N–H and O–H groups in total. The molecule has 7 rings (SSSR count). The minimum Gasteiger partial charge on any atom is -0.463 e. The largest absolute Gasteiger partial charge is 0.463 e. The lowest BCUT2D eigenvalue weighted by Crippen LogP contribution is -2.61. The highest BCUT2D eigenvalue weighted by molar-refractivity contribution is 5.83. The maximum absolute atomic E-state index is 14.0. The van der Waals surface area contributed by atoms with E-state index < -0.39 is 22.9 Å². The minimum absolute atomic E-state index is 0.0137. The molecule has 0 radical (unpaired) electrons. The van der Waals surface area contributed by atoms with Crippen LogP contribution in [0.15, 0.2) is 0 Å². The lowest BCUT2D eigenvalue weighted by molar-refractivity contribution is -0.291. The van der Waals surface area contributed by atoms with Crippen LogP contribution in [0.4, 0.5) is 0 Å². The van der Waals surface area contributed by atoms with Gasteiger partial charge in [-0.05, 0) is 101 Å². The number of ether oxygens (including phenoxy) is 4. The lowest BCUT2D eigenvalue weighted by atomic mass is 9.43. The Kier molecular flexibility index (Phi) is 4.91. The van der Waals surface area contributed by atoms with Crippen LogP contribution in [0.1, 0.15) is 92.9 Å². The van der Waals surface area contributed by atoms with Gasteiger partial charge in [0.05, 0.1) is 23.2 Å². The number of hydrogen-bond donors (Lipinski definition) is 1. The van der Waals surface area contributed by atoms with E-state index in [-0.39, 0.29) is 64.8 Å². The Morgan fingerprint density at radius 2 is 1.84 bits per heavy atom. The second kappa shape index (κ2) is 7.31. The van der Waals surface area contributed by atoms with E-state index in [1.54, 1.807) is 0 Å². The third kappa shape index (κ3) is 2.84. The van der Waals surface area contributed by atoms with Crippen LogP contribution in [0.3, 0.4) is 0 Å². The fourth-order valence-electron chi connectivity index (χ4n) is 11.3. The summed E-state index contributed by atoms with van der Waals surface area (Å²) in [4.78, 5) is 25.6. The van der Waals surface area contributed by atoms with E-state index in [4.69, 9.17) is 18.9 Å². The summed E-state index contributed by atoms with van der Waals surface area (Å²) >= 11 is 0. The van der Waals surface area contributed by atoms with Gasteiger partial charge in [-0.25, -0.2) is 0 Å². The van der Waals surface area contributed by atoms with Gasteiger partial charge in [0.1, 0.15) is 6.10 Å². The van der Waals surface area contributed by atoms with E-state index >= 15 is 0 Å². The van der Waals surface area contributed by atoms with Gasteiger partial charge >= 0.3 is 11.9 Å². The lowest BCUT2D eigenvalue weighted by Gasteiger charge is -2.61. The van der Waals surface area contributed by atoms with Gasteiger partial charge in [-0.3, -0.25) is 9.59 Å². The first kappa shape index (κ1) is 24.8. The van der Waals surface area contributed by atoms with Crippen LogP contribution in [0, 0.1) is 46.3 Å². The number of carbonyl (C=O) groups is 2.